The molecule has 0 bridgehead atoms. The average Bonchev–Trinajstić information content (AvgIpc) is 3.50. The summed E-state index contributed by atoms with van der Waals surface area (Å²) in [6.07, 6.45) is 4.60. The third-order valence-electron chi connectivity index (χ3n) is 5.93. The Labute approximate surface area is 237 Å². The molecule has 0 N–H and O–H groups in total. The van der Waals surface area contributed by atoms with Crippen molar-refractivity contribution < 1.29 is 23.4 Å². The maximum Gasteiger partial charge on any atom is 0.338 e. The van der Waals surface area contributed by atoms with Crippen LogP contribution in [-0.2, 0) is 9.53 Å². The number of methoxy groups -OCH3 is 2. The normalized spacial score (nSPS) is 15.2. The topological polar surface area (TPSA) is 118 Å². The van der Waals surface area contributed by atoms with E-state index < -0.39 is 12.0 Å². The van der Waals surface area contributed by atoms with Crippen LogP contribution in [0.25, 0.3) is 6.08 Å². The van der Waals surface area contributed by atoms with Crippen molar-refractivity contribution in [1.82, 2.24) is 14.5 Å². The lowest BCUT2D eigenvalue weighted by Gasteiger charge is -2.26. The fraction of sp³-hybridized carbons (Fsp3) is 0.250. The number of rotatable bonds is 8. The number of furan rings is 1. The van der Waals surface area contributed by atoms with E-state index in [1.807, 2.05) is 0 Å². The van der Waals surface area contributed by atoms with Gasteiger partial charge in [-0.25, -0.2) is 19.8 Å². The number of fused-ring (bicyclic) bond motifs is 1. The molecule has 0 unspecified atom stereocenters. The van der Waals surface area contributed by atoms with Crippen molar-refractivity contribution >= 4 is 35.1 Å². The molecule has 1 aliphatic heterocycles. The van der Waals surface area contributed by atoms with Crippen LogP contribution in [0, 0.1) is 0 Å². The van der Waals surface area contributed by atoms with Gasteiger partial charge < -0.3 is 18.6 Å². The number of hydrogen-bond acceptors (Lipinski definition) is 11. The monoisotopic (exact) mass is 578 g/mol. The van der Waals surface area contributed by atoms with Gasteiger partial charge in [0.05, 0.1) is 36.1 Å². The fourth-order valence-electron chi connectivity index (χ4n) is 4.23. The van der Waals surface area contributed by atoms with E-state index in [4.69, 9.17) is 18.6 Å². The quantitative estimate of drug-likeness (QED) is 0.228. The molecule has 0 saturated carbocycles. The molecule has 1 aromatic carbocycles. The van der Waals surface area contributed by atoms with E-state index in [-0.39, 0.29) is 17.2 Å². The van der Waals surface area contributed by atoms with Crippen LogP contribution in [-0.4, -0.2) is 40.8 Å². The summed E-state index contributed by atoms with van der Waals surface area (Å²) in [5.74, 6) is 0.957. The van der Waals surface area contributed by atoms with Crippen LogP contribution in [0.1, 0.15) is 38.1 Å². The zero-order valence-corrected chi connectivity index (χ0v) is 24.0. The minimum absolute atomic E-state index is 0.249. The minimum Gasteiger partial charge on any atom is -0.497 e. The third kappa shape index (κ3) is 5.45. The number of benzene rings is 1. The van der Waals surface area contributed by atoms with Gasteiger partial charge in [0.1, 0.15) is 23.3 Å². The molecule has 12 heteroatoms. The van der Waals surface area contributed by atoms with Gasteiger partial charge in [-0.15, -0.1) is 0 Å². The number of hydrogen-bond donors (Lipinski definition) is 0. The Morgan fingerprint density at radius 1 is 1.15 bits per heavy atom. The number of carbonyl (C=O) groups is 1. The molecule has 0 amide bonds. The number of esters is 1. The first-order chi connectivity index (χ1) is 19.3. The maximum atomic E-state index is 13.9. The van der Waals surface area contributed by atoms with E-state index in [0.29, 0.717) is 48.1 Å². The van der Waals surface area contributed by atoms with Gasteiger partial charge in [-0.1, -0.05) is 11.3 Å². The highest BCUT2D eigenvalue weighted by Crippen LogP contribution is 2.38. The summed E-state index contributed by atoms with van der Waals surface area (Å²) in [6, 6.07) is 9.68. The minimum atomic E-state index is -0.854. The molecule has 3 aromatic heterocycles. The molecule has 1 atom stereocenters. The Kier molecular flexibility index (Phi) is 7.90. The number of allylic oxidation sites excluding steroid dienone is 1. The molecule has 0 fully saturated rings. The van der Waals surface area contributed by atoms with Crippen LogP contribution in [0.3, 0.4) is 0 Å². The summed E-state index contributed by atoms with van der Waals surface area (Å²) >= 11 is 2.47. The molecule has 0 aliphatic carbocycles. The van der Waals surface area contributed by atoms with Gasteiger partial charge in [0, 0.05) is 24.0 Å². The SMILES string of the molecule is COc1ccc(OC)c([C@@H]2C(C(=O)OC(C)C)=C(C)N=c3s/c(=C\c4ccc(Sc5ncccn5)o4)c(=O)n32)c1. The first-order valence-corrected chi connectivity index (χ1v) is 13.9. The highest BCUT2D eigenvalue weighted by molar-refractivity contribution is 7.99. The first kappa shape index (κ1) is 27.4. The summed E-state index contributed by atoms with van der Waals surface area (Å²) in [4.78, 5) is 40.7. The largest absolute Gasteiger partial charge is 0.497 e. The van der Waals surface area contributed by atoms with Crippen molar-refractivity contribution in [3.05, 3.63) is 91.1 Å². The molecule has 40 heavy (non-hydrogen) atoms. The molecular weight excluding hydrogens is 552 g/mol. The molecule has 10 nitrogen and oxygen atoms in total. The lowest BCUT2D eigenvalue weighted by molar-refractivity contribution is -0.143. The number of nitrogens with zero attached hydrogens (tertiary/aromatic N) is 4. The van der Waals surface area contributed by atoms with Crippen molar-refractivity contribution in [2.45, 2.75) is 43.2 Å². The van der Waals surface area contributed by atoms with E-state index in [1.165, 1.54) is 34.8 Å². The van der Waals surface area contributed by atoms with Crippen LogP contribution in [0.15, 0.2) is 84.5 Å². The second kappa shape index (κ2) is 11.5. The lowest BCUT2D eigenvalue weighted by Crippen LogP contribution is -2.40. The molecule has 5 rings (SSSR count). The lowest BCUT2D eigenvalue weighted by atomic mass is 9.94. The zero-order valence-electron chi connectivity index (χ0n) is 22.4. The summed E-state index contributed by atoms with van der Waals surface area (Å²) in [5, 5.41) is 1.13. The number of ether oxygens (including phenoxy) is 3. The summed E-state index contributed by atoms with van der Waals surface area (Å²) in [5.41, 5.74) is 0.934. The highest BCUT2D eigenvalue weighted by atomic mass is 32.2. The van der Waals surface area contributed by atoms with Crippen molar-refractivity contribution in [3.63, 3.8) is 0 Å². The van der Waals surface area contributed by atoms with Gasteiger partial charge in [0.15, 0.2) is 15.1 Å². The van der Waals surface area contributed by atoms with Crippen molar-refractivity contribution in [1.29, 1.82) is 0 Å². The number of carbonyl (C=O) groups excluding carboxylic acids is 1. The van der Waals surface area contributed by atoms with E-state index in [0.717, 1.165) is 0 Å². The van der Waals surface area contributed by atoms with E-state index in [2.05, 4.69) is 15.0 Å². The van der Waals surface area contributed by atoms with Crippen LogP contribution in [0.5, 0.6) is 11.5 Å². The van der Waals surface area contributed by atoms with Gasteiger partial charge in [-0.05, 0) is 68.9 Å². The first-order valence-electron chi connectivity index (χ1n) is 12.3. The third-order valence-corrected chi connectivity index (χ3v) is 7.72. The van der Waals surface area contributed by atoms with Crippen LogP contribution in [0.4, 0.5) is 0 Å². The second-order valence-electron chi connectivity index (χ2n) is 8.93. The van der Waals surface area contributed by atoms with E-state index in [1.54, 1.807) is 82.7 Å². The Morgan fingerprint density at radius 3 is 2.62 bits per heavy atom. The van der Waals surface area contributed by atoms with Crippen molar-refractivity contribution in [3.8, 4) is 11.5 Å². The van der Waals surface area contributed by atoms with Gasteiger partial charge in [0.25, 0.3) is 5.56 Å². The Hall–Kier alpha value is -4.16. The molecule has 4 heterocycles. The standard InChI is InChI=1S/C28H26N4O6S2/c1-15(2)37-26(34)23-16(3)31-28-32(24(23)19-13-17(35-4)7-9-20(19)36-5)25(33)21(39-28)14-18-8-10-22(38-18)40-27-29-11-6-12-30-27/h6-15,24H,1-5H3/b21-14-/t24-/m1/s1. The number of aromatic nitrogens is 3. The van der Waals surface area contributed by atoms with Crippen molar-refractivity contribution in [2.75, 3.05) is 14.2 Å². The Bertz CT molecular complexity index is 1770. The Balaban J connectivity index is 1.64. The van der Waals surface area contributed by atoms with Gasteiger partial charge in [0.2, 0.25) is 0 Å². The van der Waals surface area contributed by atoms with Crippen molar-refractivity contribution in [2.24, 2.45) is 4.99 Å². The number of thiazole rings is 1. The molecular formula is C28H26N4O6S2. The molecule has 206 valence electrons. The predicted octanol–water partition coefficient (Wildman–Crippen LogP) is 3.74. The average molecular weight is 579 g/mol. The molecule has 1 aliphatic rings. The summed E-state index contributed by atoms with van der Waals surface area (Å²) in [7, 11) is 3.08. The predicted molar refractivity (Wildman–Crippen MR) is 149 cm³/mol. The van der Waals surface area contributed by atoms with Crippen LogP contribution < -0.4 is 24.4 Å². The Morgan fingerprint density at radius 2 is 1.93 bits per heavy atom. The maximum absolute atomic E-state index is 13.9. The van der Waals surface area contributed by atoms with Crippen LogP contribution >= 0.6 is 23.1 Å². The van der Waals surface area contributed by atoms with Gasteiger partial charge in [-0.3, -0.25) is 9.36 Å². The van der Waals surface area contributed by atoms with Gasteiger partial charge >= 0.3 is 5.97 Å². The molecule has 4 aromatic rings. The van der Waals surface area contributed by atoms with Gasteiger partial charge in [-0.2, -0.15) is 0 Å². The smallest absolute Gasteiger partial charge is 0.338 e. The molecule has 0 spiro atoms. The summed E-state index contributed by atoms with van der Waals surface area (Å²) < 4.78 is 24.5. The van der Waals surface area contributed by atoms with Crippen LogP contribution in [0.2, 0.25) is 0 Å². The highest BCUT2D eigenvalue weighted by Gasteiger charge is 2.35. The second-order valence-corrected chi connectivity index (χ2v) is 10.9. The molecule has 0 saturated heterocycles. The van der Waals surface area contributed by atoms with E-state index >= 15 is 0 Å². The summed E-state index contributed by atoms with van der Waals surface area (Å²) in [6.45, 7) is 5.27. The molecule has 0 radical (unpaired) electrons. The zero-order chi connectivity index (χ0) is 28.4. The fourth-order valence-corrected chi connectivity index (χ4v) is 5.94. The van der Waals surface area contributed by atoms with E-state index in [9.17, 15) is 9.59 Å².